The van der Waals surface area contributed by atoms with Crippen molar-refractivity contribution in [1.29, 1.82) is 0 Å². The molecule has 1 aromatic rings. The van der Waals surface area contributed by atoms with E-state index in [1.807, 2.05) is 0 Å². The van der Waals surface area contributed by atoms with E-state index in [0.717, 1.165) is 0 Å². The van der Waals surface area contributed by atoms with Gasteiger partial charge in [-0.15, -0.1) is 0 Å². The molecule has 4 N–H and O–H groups in total. The molecule has 0 fully saturated rings. The van der Waals surface area contributed by atoms with Crippen molar-refractivity contribution in [1.82, 2.24) is 4.98 Å². The van der Waals surface area contributed by atoms with Gasteiger partial charge >= 0.3 is 5.97 Å². The number of carboxylic acids is 1. The zero-order valence-corrected chi connectivity index (χ0v) is 7.93. The Balaban J connectivity index is 2.67. The Morgan fingerprint density at radius 1 is 1.53 bits per heavy atom. The molecule has 1 aromatic heterocycles. The fourth-order valence-electron chi connectivity index (χ4n) is 1.02. The van der Waals surface area contributed by atoms with Gasteiger partial charge < -0.3 is 16.2 Å². The molecule has 0 aliphatic rings. The topological polar surface area (TPSA) is 105 Å². The highest BCUT2D eigenvalue weighted by Crippen LogP contribution is 2.10. The first-order valence-corrected chi connectivity index (χ1v) is 4.31. The highest BCUT2D eigenvalue weighted by molar-refractivity contribution is 5.93. The van der Waals surface area contributed by atoms with Crippen LogP contribution in [0, 0.1) is 0 Å². The third-order valence-electron chi connectivity index (χ3n) is 1.70. The zero-order valence-electron chi connectivity index (χ0n) is 7.93. The molecular weight excluding hydrogens is 198 g/mol. The Hall–Kier alpha value is -2.11. The summed E-state index contributed by atoms with van der Waals surface area (Å²) >= 11 is 0. The largest absolute Gasteiger partial charge is 0.478 e. The van der Waals surface area contributed by atoms with Crippen LogP contribution >= 0.6 is 0 Å². The van der Waals surface area contributed by atoms with Crippen LogP contribution in [-0.2, 0) is 4.79 Å². The van der Waals surface area contributed by atoms with Gasteiger partial charge in [0, 0.05) is 19.2 Å². The van der Waals surface area contributed by atoms with Crippen molar-refractivity contribution in [2.45, 2.75) is 6.42 Å². The molecule has 15 heavy (non-hydrogen) atoms. The number of hydrogen-bond acceptors (Lipinski definition) is 4. The van der Waals surface area contributed by atoms with Gasteiger partial charge in [-0.1, -0.05) is 0 Å². The van der Waals surface area contributed by atoms with Crippen LogP contribution in [0.25, 0.3) is 0 Å². The van der Waals surface area contributed by atoms with Crippen molar-refractivity contribution in [3.63, 3.8) is 0 Å². The van der Waals surface area contributed by atoms with Crippen LogP contribution in [0.15, 0.2) is 18.3 Å². The summed E-state index contributed by atoms with van der Waals surface area (Å²) in [5.74, 6) is -1.27. The number of pyridine rings is 1. The lowest BCUT2D eigenvalue weighted by Gasteiger charge is -2.06. The van der Waals surface area contributed by atoms with Crippen molar-refractivity contribution < 1.29 is 14.7 Å². The molecule has 0 aliphatic carbocycles. The second kappa shape index (κ2) is 4.94. The smallest absolute Gasteiger partial charge is 0.339 e. The minimum absolute atomic E-state index is 0.0713. The number of aromatic carboxylic acids is 1. The molecule has 0 aromatic carbocycles. The molecule has 0 spiro atoms. The Morgan fingerprint density at radius 3 is 2.87 bits per heavy atom. The van der Waals surface area contributed by atoms with Gasteiger partial charge in [0.15, 0.2) is 0 Å². The lowest BCUT2D eigenvalue weighted by atomic mass is 10.2. The van der Waals surface area contributed by atoms with Gasteiger partial charge in [0.2, 0.25) is 5.91 Å². The Kier molecular flexibility index (Phi) is 3.61. The predicted molar refractivity (Wildman–Crippen MR) is 53.5 cm³/mol. The normalized spacial score (nSPS) is 9.60. The predicted octanol–water partition coefficient (Wildman–Crippen LogP) is 0.0671. The fourth-order valence-corrected chi connectivity index (χ4v) is 1.02. The molecule has 0 unspecified atom stereocenters. The zero-order chi connectivity index (χ0) is 11.3. The van der Waals surface area contributed by atoms with E-state index in [0.29, 0.717) is 0 Å². The van der Waals surface area contributed by atoms with Gasteiger partial charge in [-0.2, -0.15) is 0 Å². The second-order valence-corrected chi connectivity index (χ2v) is 2.85. The number of nitrogens with one attached hydrogen (secondary N) is 1. The summed E-state index contributed by atoms with van der Waals surface area (Å²) in [5.41, 5.74) is 5.01. The van der Waals surface area contributed by atoms with Gasteiger partial charge in [0.25, 0.3) is 0 Å². The Morgan fingerprint density at radius 2 is 2.27 bits per heavy atom. The van der Waals surface area contributed by atoms with Crippen LogP contribution < -0.4 is 11.1 Å². The summed E-state index contributed by atoms with van der Waals surface area (Å²) in [6, 6.07) is 2.96. The first kappa shape index (κ1) is 11.0. The summed E-state index contributed by atoms with van der Waals surface area (Å²) in [6.07, 6.45) is 1.61. The van der Waals surface area contributed by atoms with E-state index in [1.165, 1.54) is 18.3 Å². The van der Waals surface area contributed by atoms with Crippen molar-refractivity contribution in [3.8, 4) is 0 Å². The van der Waals surface area contributed by atoms with Crippen molar-refractivity contribution >= 4 is 17.7 Å². The summed E-state index contributed by atoms with van der Waals surface area (Å²) in [7, 11) is 0. The number of amides is 1. The SMILES string of the molecule is NC(=O)CCNc1ncccc1C(=O)O. The van der Waals surface area contributed by atoms with Crippen LogP contribution in [0.3, 0.4) is 0 Å². The van der Waals surface area contributed by atoms with Gasteiger partial charge in [0.1, 0.15) is 11.4 Å². The number of primary amides is 1. The first-order chi connectivity index (χ1) is 7.11. The molecule has 1 amide bonds. The van der Waals surface area contributed by atoms with Gasteiger partial charge in [-0.25, -0.2) is 9.78 Å². The molecule has 1 rings (SSSR count). The van der Waals surface area contributed by atoms with Gasteiger partial charge in [0.05, 0.1) is 0 Å². The number of anilines is 1. The molecule has 0 saturated carbocycles. The Labute approximate surface area is 86.1 Å². The molecule has 0 aliphatic heterocycles. The van der Waals surface area contributed by atoms with Gasteiger partial charge in [-0.3, -0.25) is 4.79 Å². The second-order valence-electron chi connectivity index (χ2n) is 2.85. The van der Waals surface area contributed by atoms with Crippen LogP contribution in [0.1, 0.15) is 16.8 Å². The first-order valence-electron chi connectivity index (χ1n) is 4.31. The summed E-state index contributed by atoms with van der Waals surface area (Å²) in [4.78, 5) is 25.1. The number of aromatic nitrogens is 1. The molecule has 0 radical (unpaired) electrons. The number of carboxylic acid groups (broad SMARTS) is 1. The van der Waals surface area contributed by atoms with E-state index in [-0.39, 0.29) is 24.3 Å². The molecule has 6 heteroatoms. The number of nitrogens with two attached hydrogens (primary N) is 1. The van der Waals surface area contributed by atoms with E-state index < -0.39 is 11.9 Å². The van der Waals surface area contributed by atoms with Crippen LogP contribution in [0.5, 0.6) is 0 Å². The highest BCUT2D eigenvalue weighted by atomic mass is 16.4. The molecule has 6 nitrogen and oxygen atoms in total. The molecule has 1 heterocycles. The van der Waals surface area contributed by atoms with Crippen LogP contribution in [0.4, 0.5) is 5.82 Å². The fraction of sp³-hybridized carbons (Fsp3) is 0.222. The lowest BCUT2D eigenvalue weighted by molar-refractivity contribution is -0.117. The van der Waals surface area contributed by atoms with E-state index >= 15 is 0 Å². The summed E-state index contributed by atoms with van der Waals surface area (Å²) in [6.45, 7) is 0.270. The highest BCUT2D eigenvalue weighted by Gasteiger charge is 2.09. The average Bonchev–Trinajstić information content (AvgIpc) is 2.17. The minimum atomic E-state index is -1.07. The van der Waals surface area contributed by atoms with Crippen LogP contribution in [0.2, 0.25) is 0 Å². The summed E-state index contributed by atoms with van der Waals surface area (Å²) in [5, 5.41) is 11.5. The number of rotatable bonds is 5. The maximum Gasteiger partial charge on any atom is 0.339 e. The monoisotopic (exact) mass is 209 g/mol. The molecule has 0 atom stereocenters. The van der Waals surface area contributed by atoms with Gasteiger partial charge in [-0.05, 0) is 12.1 Å². The standard InChI is InChI=1S/C9H11N3O3/c10-7(13)3-5-12-8-6(9(14)15)2-1-4-11-8/h1-2,4H,3,5H2,(H2,10,13)(H,11,12)(H,14,15). The third-order valence-corrected chi connectivity index (χ3v) is 1.70. The molecule has 0 bridgehead atoms. The van der Waals surface area contributed by atoms with E-state index in [1.54, 1.807) is 0 Å². The quantitative estimate of drug-likeness (QED) is 0.636. The Bertz CT molecular complexity index is 379. The van der Waals surface area contributed by atoms with E-state index in [2.05, 4.69) is 10.3 Å². The van der Waals surface area contributed by atoms with Crippen molar-refractivity contribution in [2.24, 2.45) is 5.73 Å². The maximum absolute atomic E-state index is 10.7. The number of hydrogen-bond donors (Lipinski definition) is 3. The number of nitrogens with zero attached hydrogens (tertiary/aromatic N) is 1. The van der Waals surface area contributed by atoms with E-state index in [9.17, 15) is 9.59 Å². The molecule has 80 valence electrons. The van der Waals surface area contributed by atoms with E-state index in [4.69, 9.17) is 10.8 Å². The average molecular weight is 209 g/mol. The maximum atomic E-state index is 10.7. The number of carbonyl (C=O) groups excluding carboxylic acids is 1. The third kappa shape index (κ3) is 3.26. The molecule has 0 saturated heterocycles. The van der Waals surface area contributed by atoms with Crippen molar-refractivity contribution in [3.05, 3.63) is 23.9 Å². The van der Waals surface area contributed by atoms with Crippen molar-refractivity contribution in [2.75, 3.05) is 11.9 Å². The minimum Gasteiger partial charge on any atom is -0.478 e. The lowest BCUT2D eigenvalue weighted by Crippen LogP contribution is -2.17. The summed E-state index contributed by atoms with van der Waals surface area (Å²) < 4.78 is 0. The number of carbonyl (C=O) groups is 2. The van der Waals surface area contributed by atoms with Crippen LogP contribution in [-0.4, -0.2) is 28.5 Å². The molecular formula is C9H11N3O3.